The first kappa shape index (κ1) is 28.9. The Bertz CT molecular complexity index is 1260. The molecule has 0 unspecified atom stereocenters. The summed E-state index contributed by atoms with van der Waals surface area (Å²) in [4.78, 5) is 23.6. The molecule has 1 saturated heterocycles. The maximum atomic E-state index is 13.4. The lowest BCUT2D eigenvalue weighted by molar-refractivity contribution is -0.118. The van der Waals surface area contributed by atoms with Gasteiger partial charge in [-0.15, -0.1) is 24.2 Å². The van der Waals surface area contributed by atoms with E-state index in [1.807, 2.05) is 31.4 Å². The molecule has 0 N–H and O–H groups in total. The highest BCUT2D eigenvalue weighted by molar-refractivity contribution is 7.98. The number of morpholine rings is 1. The number of rotatable bonds is 10. The van der Waals surface area contributed by atoms with E-state index in [0.29, 0.717) is 29.8 Å². The number of ether oxygens (including phenoxy) is 1. The largest absolute Gasteiger partial charge is 0.379 e. The third-order valence-corrected chi connectivity index (χ3v) is 9.68. The Morgan fingerprint density at radius 3 is 2.58 bits per heavy atom. The maximum absolute atomic E-state index is 13.4. The smallest absolute Gasteiger partial charge is 0.228 e. The number of aromatic nitrogens is 1. The molecule has 3 aromatic rings. The number of thiazole rings is 1. The number of anilines is 1. The van der Waals surface area contributed by atoms with Crippen molar-refractivity contribution in [2.24, 2.45) is 0 Å². The first-order valence-electron chi connectivity index (χ1n) is 11.7. The summed E-state index contributed by atoms with van der Waals surface area (Å²) in [6.45, 7) is 6.23. The lowest BCUT2D eigenvalue weighted by atomic mass is 10.2. The Labute approximate surface area is 227 Å². The predicted octanol–water partition coefficient (Wildman–Crippen LogP) is 4.67. The van der Waals surface area contributed by atoms with Crippen LogP contribution in [0.15, 0.2) is 52.3 Å². The molecule has 7 nitrogen and oxygen atoms in total. The fourth-order valence-corrected chi connectivity index (χ4v) is 6.97. The molecule has 196 valence electrons. The molecular formula is C25H32ClN3O4S3. The van der Waals surface area contributed by atoms with Gasteiger partial charge in [0.1, 0.15) is 0 Å². The van der Waals surface area contributed by atoms with Crippen LogP contribution >= 0.6 is 35.5 Å². The van der Waals surface area contributed by atoms with E-state index in [9.17, 15) is 13.2 Å². The van der Waals surface area contributed by atoms with Crippen LogP contribution in [0.4, 0.5) is 5.13 Å². The summed E-state index contributed by atoms with van der Waals surface area (Å²) in [7, 11) is -3.43. The molecule has 0 bridgehead atoms. The monoisotopic (exact) mass is 569 g/mol. The minimum atomic E-state index is -3.43. The third kappa shape index (κ3) is 7.20. The molecule has 0 radical (unpaired) electrons. The predicted molar refractivity (Wildman–Crippen MR) is 151 cm³/mol. The lowest BCUT2D eigenvalue weighted by Gasteiger charge is -2.29. The number of nitrogens with zero attached hydrogens (tertiary/aromatic N) is 3. The van der Waals surface area contributed by atoms with Gasteiger partial charge in [-0.1, -0.05) is 35.1 Å². The van der Waals surface area contributed by atoms with E-state index in [4.69, 9.17) is 9.72 Å². The van der Waals surface area contributed by atoms with Crippen LogP contribution in [0.5, 0.6) is 0 Å². The summed E-state index contributed by atoms with van der Waals surface area (Å²) >= 11 is 3.14. The van der Waals surface area contributed by atoms with Crippen molar-refractivity contribution in [3.63, 3.8) is 0 Å². The molecule has 1 amide bonds. The van der Waals surface area contributed by atoms with Crippen LogP contribution in [0, 0.1) is 6.92 Å². The van der Waals surface area contributed by atoms with Gasteiger partial charge in [0.25, 0.3) is 0 Å². The van der Waals surface area contributed by atoms with E-state index in [1.165, 1.54) is 11.3 Å². The second-order valence-electron chi connectivity index (χ2n) is 8.54. The van der Waals surface area contributed by atoms with E-state index in [1.54, 1.807) is 40.9 Å². The topological polar surface area (TPSA) is 79.8 Å². The molecule has 2 heterocycles. The zero-order valence-electron chi connectivity index (χ0n) is 20.5. The van der Waals surface area contributed by atoms with E-state index in [0.717, 1.165) is 40.3 Å². The minimum absolute atomic E-state index is 0. The van der Waals surface area contributed by atoms with Gasteiger partial charge in [-0.2, -0.15) is 0 Å². The van der Waals surface area contributed by atoms with Crippen LogP contribution in [0.1, 0.15) is 18.4 Å². The van der Waals surface area contributed by atoms with E-state index in [-0.39, 0.29) is 36.9 Å². The summed E-state index contributed by atoms with van der Waals surface area (Å²) in [6.07, 6.45) is 2.44. The third-order valence-electron chi connectivity index (χ3n) is 6.05. The Morgan fingerprint density at radius 2 is 1.89 bits per heavy atom. The van der Waals surface area contributed by atoms with Crippen LogP contribution < -0.4 is 4.90 Å². The van der Waals surface area contributed by atoms with Gasteiger partial charge in [-0.05, 0) is 43.9 Å². The van der Waals surface area contributed by atoms with Gasteiger partial charge in [0, 0.05) is 37.5 Å². The summed E-state index contributed by atoms with van der Waals surface area (Å²) in [5.74, 6) is -0.155. The minimum Gasteiger partial charge on any atom is -0.379 e. The lowest BCUT2D eigenvalue weighted by Crippen LogP contribution is -2.43. The molecule has 11 heteroatoms. The highest BCUT2D eigenvalue weighted by Crippen LogP contribution is 2.34. The molecule has 0 saturated carbocycles. The van der Waals surface area contributed by atoms with E-state index >= 15 is 0 Å². The molecule has 2 aromatic carbocycles. The van der Waals surface area contributed by atoms with Gasteiger partial charge >= 0.3 is 0 Å². The number of hydrogen-bond donors (Lipinski definition) is 0. The van der Waals surface area contributed by atoms with Gasteiger partial charge in [0.15, 0.2) is 15.0 Å². The van der Waals surface area contributed by atoms with Crippen LogP contribution in [-0.2, 0) is 19.4 Å². The second kappa shape index (κ2) is 13.2. The number of sulfone groups is 1. The number of para-hydroxylation sites is 1. The number of carbonyl (C=O) groups excluding carboxylic acids is 1. The highest BCUT2D eigenvalue weighted by atomic mass is 35.5. The second-order valence-corrected chi connectivity index (χ2v) is 12.5. The van der Waals surface area contributed by atoms with Crippen molar-refractivity contribution in [3.05, 3.63) is 48.0 Å². The first-order valence-corrected chi connectivity index (χ1v) is 15.4. The number of hydrogen-bond acceptors (Lipinski definition) is 8. The number of halogens is 1. The molecule has 0 aliphatic carbocycles. The normalized spacial score (nSPS) is 14.5. The zero-order chi connectivity index (χ0) is 24.8. The molecule has 0 spiro atoms. The van der Waals surface area contributed by atoms with E-state index in [2.05, 4.69) is 4.90 Å². The van der Waals surface area contributed by atoms with Gasteiger partial charge in [-0.25, -0.2) is 13.4 Å². The quantitative estimate of drug-likeness (QED) is 0.328. The summed E-state index contributed by atoms with van der Waals surface area (Å²) in [5, 5.41) is 0.668. The van der Waals surface area contributed by atoms with Gasteiger partial charge in [0.2, 0.25) is 5.91 Å². The maximum Gasteiger partial charge on any atom is 0.228 e. The zero-order valence-corrected chi connectivity index (χ0v) is 23.8. The molecule has 1 aromatic heterocycles. The van der Waals surface area contributed by atoms with Crippen molar-refractivity contribution < 1.29 is 17.9 Å². The molecule has 0 atom stereocenters. The van der Waals surface area contributed by atoms with Crippen LogP contribution in [0.25, 0.3) is 10.2 Å². The van der Waals surface area contributed by atoms with Crippen molar-refractivity contribution in [3.8, 4) is 0 Å². The number of fused-ring (bicyclic) bond motifs is 1. The van der Waals surface area contributed by atoms with Crippen molar-refractivity contribution in [1.82, 2.24) is 9.88 Å². The number of benzene rings is 2. The van der Waals surface area contributed by atoms with Gasteiger partial charge < -0.3 is 4.74 Å². The Hall–Kier alpha value is -1.69. The first-order chi connectivity index (χ1) is 16.9. The molecule has 36 heavy (non-hydrogen) atoms. The Morgan fingerprint density at radius 1 is 1.17 bits per heavy atom. The van der Waals surface area contributed by atoms with Crippen LogP contribution in [-0.4, -0.2) is 75.6 Å². The standard InChI is InChI=1S/C25H31N3O4S3.ClH/c1-19-8-10-20(11-9-19)35(30,31)18-4-7-23(29)28(13-12-27-14-16-32-17-15-27)25-26-24-21(33-2)5-3-6-22(24)34-25;/h3,5-6,8-11H,4,7,12-18H2,1-2H3;1H. The van der Waals surface area contributed by atoms with Gasteiger partial charge in [0.05, 0.1) is 34.1 Å². The Kier molecular flexibility index (Phi) is 10.6. The van der Waals surface area contributed by atoms with Crippen molar-refractivity contribution in [2.75, 3.05) is 56.3 Å². The molecule has 1 aliphatic heterocycles. The molecule has 4 rings (SSSR count). The fraction of sp³-hybridized carbons (Fsp3) is 0.440. The van der Waals surface area contributed by atoms with Crippen molar-refractivity contribution in [2.45, 2.75) is 29.6 Å². The molecule has 1 fully saturated rings. The van der Waals surface area contributed by atoms with Crippen LogP contribution in [0.3, 0.4) is 0 Å². The summed E-state index contributed by atoms with van der Waals surface area (Å²) < 4.78 is 31.9. The summed E-state index contributed by atoms with van der Waals surface area (Å²) in [6, 6.07) is 12.9. The van der Waals surface area contributed by atoms with Crippen molar-refractivity contribution >= 4 is 66.6 Å². The summed E-state index contributed by atoms with van der Waals surface area (Å²) in [5.41, 5.74) is 1.92. The number of carbonyl (C=O) groups is 1. The number of thioether (sulfide) groups is 1. The molecule has 1 aliphatic rings. The molecular weight excluding hydrogens is 538 g/mol. The number of aryl methyl sites for hydroxylation is 1. The fourth-order valence-electron chi connectivity index (χ4n) is 4.00. The number of amides is 1. The average Bonchev–Trinajstić information content (AvgIpc) is 3.29. The average molecular weight is 570 g/mol. The Balaban J connectivity index is 0.00000361. The van der Waals surface area contributed by atoms with Crippen LogP contribution in [0.2, 0.25) is 0 Å². The van der Waals surface area contributed by atoms with Gasteiger partial charge in [-0.3, -0.25) is 14.6 Å². The SMILES string of the molecule is CSc1cccc2sc(N(CCN3CCOCC3)C(=O)CCCS(=O)(=O)c3ccc(C)cc3)nc12.Cl. The highest BCUT2D eigenvalue weighted by Gasteiger charge is 2.23. The van der Waals surface area contributed by atoms with E-state index < -0.39 is 9.84 Å². The van der Waals surface area contributed by atoms with Crippen molar-refractivity contribution in [1.29, 1.82) is 0 Å².